The lowest BCUT2D eigenvalue weighted by Crippen LogP contribution is -2.02. The number of hydrazone groups is 1. The van der Waals surface area contributed by atoms with Crippen LogP contribution in [-0.4, -0.2) is 15.7 Å². The second-order valence-corrected chi connectivity index (χ2v) is 6.78. The van der Waals surface area contributed by atoms with E-state index in [0.717, 1.165) is 41.6 Å². The van der Waals surface area contributed by atoms with Crippen LogP contribution in [0.5, 0.6) is 0 Å². The highest BCUT2D eigenvalue weighted by molar-refractivity contribution is 7.19. The van der Waals surface area contributed by atoms with Gasteiger partial charge in [0.2, 0.25) is 0 Å². The monoisotopic (exact) mass is 344 g/mol. The van der Waals surface area contributed by atoms with Gasteiger partial charge >= 0.3 is 0 Å². The summed E-state index contributed by atoms with van der Waals surface area (Å²) in [5.41, 5.74) is 5.33. The number of aryl methyl sites for hydroxylation is 2. The van der Waals surface area contributed by atoms with Gasteiger partial charge in [-0.2, -0.15) is 5.10 Å². The van der Waals surface area contributed by atoms with Crippen molar-refractivity contribution in [1.29, 1.82) is 0 Å². The van der Waals surface area contributed by atoms with Gasteiger partial charge in [-0.05, 0) is 49.9 Å². The van der Waals surface area contributed by atoms with E-state index in [-0.39, 0.29) is 0 Å². The molecule has 0 fully saturated rings. The summed E-state index contributed by atoms with van der Waals surface area (Å²) in [5.74, 6) is -1.10. The normalized spacial score (nSPS) is 14.2. The van der Waals surface area contributed by atoms with Crippen LogP contribution in [0.1, 0.15) is 29.3 Å². The summed E-state index contributed by atoms with van der Waals surface area (Å²) in [6.45, 7) is 1.73. The van der Waals surface area contributed by atoms with Gasteiger partial charge in [0, 0.05) is 10.4 Å². The predicted molar refractivity (Wildman–Crippen MR) is 91.6 cm³/mol. The number of nitrogens with zero attached hydrogens (tertiary/aromatic N) is 3. The Morgan fingerprint density at radius 2 is 2.08 bits per heavy atom. The maximum Gasteiger partial charge on any atom is 0.159 e. The van der Waals surface area contributed by atoms with Gasteiger partial charge in [0.1, 0.15) is 11.2 Å². The second kappa shape index (κ2) is 5.90. The molecule has 0 spiro atoms. The Morgan fingerprint density at radius 3 is 2.92 bits per heavy atom. The van der Waals surface area contributed by atoms with E-state index < -0.39 is 11.6 Å². The molecule has 1 aliphatic carbocycles. The maximum atomic E-state index is 13.3. The molecule has 0 saturated heterocycles. The third-order valence-corrected chi connectivity index (χ3v) is 5.37. The summed E-state index contributed by atoms with van der Waals surface area (Å²) in [5, 5.41) is 5.31. The number of rotatable bonds is 3. The van der Waals surface area contributed by atoms with E-state index in [1.807, 2.05) is 0 Å². The van der Waals surface area contributed by atoms with E-state index in [1.54, 1.807) is 18.3 Å². The number of fused-ring (bicyclic) bond motifs is 3. The Balaban J connectivity index is 1.68. The summed E-state index contributed by atoms with van der Waals surface area (Å²) in [6.07, 6.45) is 4.79. The topological polar surface area (TPSA) is 50.2 Å². The van der Waals surface area contributed by atoms with Crippen LogP contribution in [0, 0.1) is 11.6 Å². The standard InChI is InChI=1S/C17H14F2N4S/c1-9(10-5-6-12(18)13(19)7-10)22-23-16-15-11-3-2-4-14(11)24-17(15)21-8-20-16/h5-8H,2-4H2,1H3,(H,20,21,23)/b22-9-. The van der Waals surface area contributed by atoms with Crippen LogP contribution in [-0.2, 0) is 12.8 Å². The van der Waals surface area contributed by atoms with Crippen molar-refractivity contribution in [3.63, 3.8) is 0 Å². The zero-order valence-corrected chi connectivity index (χ0v) is 13.8. The predicted octanol–water partition coefficient (Wildman–Crippen LogP) is 4.29. The molecular weight excluding hydrogens is 330 g/mol. The minimum absolute atomic E-state index is 0.516. The molecule has 4 nitrogen and oxygen atoms in total. The number of benzene rings is 1. The molecule has 0 atom stereocenters. The molecule has 4 rings (SSSR count). The molecule has 0 amide bonds. The Labute approximate surface area is 141 Å². The minimum Gasteiger partial charge on any atom is -0.260 e. The summed E-state index contributed by atoms with van der Waals surface area (Å²) in [4.78, 5) is 11.0. The van der Waals surface area contributed by atoms with E-state index in [4.69, 9.17) is 0 Å². The molecular formula is C17H14F2N4S. The van der Waals surface area contributed by atoms with Crippen molar-refractivity contribution in [1.82, 2.24) is 9.97 Å². The fourth-order valence-corrected chi connectivity index (χ4v) is 4.16. The van der Waals surface area contributed by atoms with Gasteiger partial charge in [-0.3, -0.25) is 5.43 Å². The van der Waals surface area contributed by atoms with E-state index in [1.165, 1.54) is 22.8 Å². The van der Waals surface area contributed by atoms with E-state index >= 15 is 0 Å². The van der Waals surface area contributed by atoms with Gasteiger partial charge in [0.25, 0.3) is 0 Å². The van der Waals surface area contributed by atoms with Crippen molar-refractivity contribution in [2.24, 2.45) is 5.10 Å². The van der Waals surface area contributed by atoms with Crippen molar-refractivity contribution < 1.29 is 8.78 Å². The number of hydrogen-bond donors (Lipinski definition) is 1. The van der Waals surface area contributed by atoms with Crippen molar-refractivity contribution >= 4 is 33.1 Å². The number of halogens is 2. The average Bonchev–Trinajstić information content (AvgIpc) is 3.15. The third kappa shape index (κ3) is 2.54. The van der Waals surface area contributed by atoms with Crippen molar-refractivity contribution in [3.8, 4) is 0 Å². The molecule has 0 radical (unpaired) electrons. The fourth-order valence-electron chi connectivity index (χ4n) is 2.94. The van der Waals surface area contributed by atoms with Gasteiger partial charge in [-0.25, -0.2) is 18.7 Å². The number of anilines is 1. The highest BCUT2D eigenvalue weighted by Gasteiger charge is 2.21. The average molecular weight is 344 g/mol. The molecule has 2 heterocycles. The second-order valence-electron chi connectivity index (χ2n) is 5.70. The van der Waals surface area contributed by atoms with Crippen LogP contribution >= 0.6 is 11.3 Å². The Morgan fingerprint density at radius 1 is 1.21 bits per heavy atom. The van der Waals surface area contributed by atoms with E-state index in [2.05, 4.69) is 20.5 Å². The summed E-state index contributed by atoms with van der Waals surface area (Å²) in [7, 11) is 0. The molecule has 0 bridgehead atoms. The Kier molecular flexibility index (Phi) is 3.72. The highest BCUT2D eigenvalue weighted by Crippen LogP contribution is 2.38. The van der Waals surface area contributed by atoms with E-state index in [0.29, 0.717) is 17.1 Å². The lowest BCUT2D eigenvalue weighted by Gasteiger charge is -2.05. The minimum atomic E-state index is -0.887. The first kappa shape index (κ1) is 15.1. The summed E-state index contributed by atoms with van der Waals surface area (Å²) in [6, 6.07) is 3.73. The van der Waals surface area contributed by atoms with Crippen molar-refractivity contribution in [3.05, 3.63) is 52.2 Å². The number of thiophene rings is 1. The number of nitrogens with one attached hydrogen (secondary N) is 1. The Hall–Kier alpha value is -2.41. The van der Waals surface area contributed by atoms with Crippen LogP contribution in [0.4, 0.5) is 14.6 Å². The molecule has 1 aliphatic rings. The molecule has 0 unspecified atom stereocenters. The van der Waals surface area contributed by atoms with Crippen LogP contribution in [0.15, 0.2) is 29.6 Å². The fraction of sp³-hybridized carbons (Fsp3) is 0.235. The summed E-state index contributed by atoms with van der Waals surface area (Å²) < 4.78 is 26.4. The van der Waals surface area contributed by atoms with Crippen LogP contribution in [0.3, 0.4) is 0 Å². The maximum absolute atomic E-state index is 13.3. The zero-order valence-electron chi connectivity index (χ0n) is 12.9. The van der Waals surface area contributed by atoms with Gasteiger partial charge in [-0.15, -0.1) is 11.3 Å². The SMILES string of the molecule is C/C(=N/Nc1ncnc2sc3c(c12)CCC3)c1ccc(F)c(F)c1. The quantitative estimate of drug-likeness (QED) is 0.569. The van der Waals surface area contributed by atoms with Gasteiger partial charge < -0.3 is 0 Å². The lowest BCUT2D eigenvalue weighted by molar-refractivity contribution is 0.508. The van der Waals surface area contributed by atoms with Crippen LogP contribution < -0.4 is 5.43 Å². The smallest absolute Gasteiger partial charge is 0.159 e. The molecule has 122 valence electrons. The van der Waals surface area contributed by atoms with Crippen LogP contribution in [0.2, 0.25) is 0 Å². The lowest BCUT2D eigenvalue weighted by atomic mass is 10.1. The van der Waals surface area contributed by atoms with Gasteiger partial charge in [0.05, 0.1) is 11.1 Å². The number of aromatic nitrogens is 2. The van der Waals surface area contributed by atoms with E-state index in [9.17, 15) is 8.78 Å². The van der Waals surface area contributed by atoms with Gasteiger partial charge in [-0.1, -0.05) is 0 Å². The Bertz CT molecular complexity index is 965. The molecule has 7 heteroatoms. The van der Waals surface area contributed by atoms with Crippen LogP contribution in [0.25, 0.3) is 10.2 Å². The first-order valence-electron chi connectivity index (χ1n) is 7.64. The molecule has 1 aromatic carbocycles. The largest absolute Gasteiger partial charge is 0.260 e. The number of hydrogen-bond acceptors (Lipinski definition) is 5. The molecule has 3 aromatic rings. The summed E-state index contributed by atoms with van der Waals surface area (Å²) >= 11 is 1.70. The third-order valence-electron chi connectivity index (χ3n) is 4.17. The van der Waals surface area contributed by atoms with Gasteiger partial charge in [0.15, 0.2) is 17.5 Å². The molecule has 0 aliphatic heterocycles. The van der Waals surface area contributed by atoms with Crippen molar-refractivity contribution in [2.45, 2.75) is 26.2 Å². The molecule has 1 N–H and O–H groups in total. The molecule has 24 heavy (non-hydrogen) atoms. The first-order chi connectivity index (χ1) is 11.6. The van der Waals surface area contributed by atoms with Crippen molar-refractivity contribution in [2.75, 3.05) is 5.43 Å². The first-order valence-corrected chi connectivity index (χ1v) is 8.46. The highest BCUT2D eigenvalue weighted by atomic mass is 32.1. The molecule has 0 saturated carbocycles. The molecule has 2 aromatic heterocycles. The zero-order chi connectivity index (χ0) is 16.7.